The summed E-state index contributed by atoms with van der Waals surface area (Å²) in [4.78, 5) is 15.6. The van der Waals surface area contributed by atoms with Gasteiger partial charge in [-0.1, -0.05) is 6.92 Å². The van der Waals surface area contributed by atoms with E-state index in [9.17, 15) is 4.79 Å². The van der Waals surface area contributed by atoms with E-state index >= 15 is 0 Å². The van der Waals surface area contributed by atoms with E-state index < -0.39 is 5.91 Å². The van der Waals surface area contributed by atoms with Crippen LogP contribution in [-0.4, -0.2) is 44.0 Å². The van der Waals surface area contributed by atoms with Crippen LogP contribution in [0.4, 0.5) is 11.4 Å². The van der Waals surface area contributed by atoms with Crippen LogP contribution in [0, 0.1) is 5.92 Å². The fourth-order valence-corrected chi connectivity index (χ4v) is 2.81. The Morgan fingerprint density at radius 3 is 2.53 bits per heavy atom. The number of primary amides is 1. The van der Waals surface area contributed by atoms with Crippen molar-refractivity contribution >= 4 is 17.3 Å². The van der Waals surface area contributed by atoms with Crippen molar-refractivity contribution in [1.29, 1.82) is 0 Å². The van der Waals surface area contributed by atoms with Gasteiger partial charge < -0.3 is 21.3 Å². The van der Waals surface area contributed by atoms with Crippen LogP contribution in [0.25, 0.3) is 0 Å². The largest absolute Gasteiger partial charge is 0.397 e. The highest BCUT2D eigenvalue weighted by atomic mass is 16.1. The molecule has 0 bridgehead atoms. The maximum absolute atomic E-state index is 11.1. The molecule has 1 heterocycles. The van der Waals surface area contributed by atoms with Crippen molar-refractivity contribution in [3.8, 4) is 0 Å². The van der Waals surface area contributed by atoms with E-state index in [-0.39, 0.29) is 0 Å². The molecule has 5 nitrogen and oxygen atoms in total. The Morgan fingerprint density at radius 2 is 2.05 bits per heavy atom. The summed E-state index contributed by atoms with van der Waals surface area (Å²) in [6.45, 7) is 4.18. The molecule has 5 heteroatoms. The average Bonchev–Trinajstić information content (AvgIpc) is 2.71. The molecule has 1 aliphatic heterocycles. The number of hydrogen-bond acceptors (Lipinski definition) is 4. The minimum absolute atomic E-state index is 0.445. The second-order valence-electron chi connectivity index (χ2n) is 5.55. The minimum Gasteiger partial charge on any atom is -0.397 e. The van der Waals surface area contributed by atoms with Crippen molar-refractivity contribution in [1.82, 2.24) is 4.90 Å². The molecule has 4 N–H and O–H groups in total. The number of anilines is 2. The lowest BCUT2D eigenvalue weighted by atomic mass is 10.1. The molecular weight excluding hydrogens is 240 g/mol. The van der Waals surface area contributed by atoms with Gasteiger partial charge in [0.2, 0.25) is 5.91 Å². The summed E-state index contributed by atoms with van der Waals surface area (Å²) in [7, 11) is 4.20. The summed E-state index contributed by atoms with van der Waals surface area (Å²) in [6, 6.07) is 5.81. The van der Waals surface area contributed by atoms with Gasteiger partial charge in [-0.2, -0.15) is 0 Å². The summed E-state index contributed by atoms with van der Waals surface area (Å²) >= 11 is 0. The van der Waals surface area contributed by atoms with Crippen LogP contribution in [0.15, 0.2) is 18.2 Å². The van der Waals surface area contributed by atoms with Crippen molar-refractivity contribution in [3.63, 3.8) is 0 Å². The lowest BCUT2D eigenvalue weighted by molar-refractivity contribution is 0.100. The molecule has 104 valence electrons. The number of rotatable bonds is 3. The number of likely N-dealkylation sites (N-methyl/N-ethyl adjacent to an activating group) is 1. The van der Waals surface area contributed by atoms with Gasteiger partial charge in [-0.15, -0.1) is 0 Å². The highest BCUT2D eigenvalue weighted by Gasteiger charge is 2.31. The van der Waals surface area contributed by atoms with E-state index in [2.05, 4.69) is 30.8 Å². The molecule has 1 amide bonds. The number of benzene rings is 1. The van der Waals surface area contributed by atoms with Crippen LogP contribution in [0.2, 0.25) is 0 Å². The third kappa shape index (κ3) is 2.66. The van der Waals surface area contributed by atoms with Crippen LogP contribution >= 0.6 is 0 Å². The van der Waals surface area contributed by atoms with E-state index in [4.69, 9.17) is 11.5 Å². The first-order valence-electron chi connectivity index (χ1n) is 6.51. The molecule has 1 aromatic rings. The number of amides is 1. The van der Waals surface area contributed by atoms with Gasteiger partial charge in [0.1, 0.15) is 0 Å². The highest BCUT2D eigenvalue weighted by molar-refractivity contribution is 5.94. The number of carbonyl (C=O) groups is 1. The molecule has 1 aliphatic rings. The first-order chi connectivity index (χ1) is 8.90. The molecular formula is C14H22N4O. The summed E-state index contributed by atoms with van der Waals surface area (Å²) < 4.78 is 0. The molecule has 0 spiro atoms. The zero-order valence-corrected chi connectivity index (χ0v) is 11.8. The predicted octanol–water partition coefficient (Wildman–Crippen LogP) is 0.754. The fraction of sp³-hybridized carbons (Fsp3) is 0.500. The molecule has 19 heavy (non-hydrogen) atoms. The number of hydrogen-bond donors (Lipinski definition) is 2. The zero-order valence-electron chi connectivity index (χ0n) is 11.8. The van der Waals surface area contributed by atoms with E-state index in [0.717, 1.165) is 18.8 Å². The number of carbonyl (C=O) groups excluding carboxylic acids is 1. The summed E-state index contributed by atoms with van der Waals surface area (Å²) in [5.74, 6) is 0.143. The summed E-state index contributed by atoms with van der Waals surface area (Å²) in [6.07, 6.45) is 0. The average molecular weight is 262 g/mol. The zero-order chi connectivity index (χ0) is 14.2. The molecule has 0 radical (unpaired) electrons. The SMILES string of the molecule is CC1CN(c2ccc(C(N)=O)cc2N)CC1N(C)C. The van der Waals surface area contributed by atoms with E-state index in [1.807, 2.05) is 6.07 Å². The van der Waals surface area contributed by atoms with Gasteiger partial charge in [0, 0.05) is 24.7 Å². The second kappa shape index (κ2) is 5.09. The molecule has 2 atom stereocenters. The van der Waals surface area contributed by atoms with Crippen LogP contribution in [0.3, 0.4) is 0 Å². The Labute approximate surface area is 114 Å². The smallest absolute Gasteiger partial charge is 0.248 e. The van der Waals surface area contributed by atoms with Crippen LogP contribution in [0.5, 0.6) is 0 Å². The van der Waals surface area contributed by atoms with Gasteiger partial charge in [0.05, 0.1) is 11.4 Å². The lowest BCUT2D eigenvalue weighted by Gasteiger charge is -2.23. The second-order valence-corrected chi connectivity index (χ2v) is 5.55. The van der Waals surface area contributed by atoms with E-state index in [1.54, 1.807) is 12.1 Å². The monoisotopic (exact) mass is 262 g/mol. The van der Waals surface area contributed by atoms with Gasteiger partial charge in [-0.05, 0) is 38.2 Å². The third-order valence-corrected chi connectivity index (χ3v) is 3.89. The quantitative estimate of drug-likeness (QED) is 0.788. The molecule has 2 unspecified atom stereocenters. The van der Waals surface area contributed by atoms with E-state index in [1.165, 1.54) is 0 Å². The minimum atomic E-state index is -0.445. The summed E-state index contributed by atoms with van der Waals surface area (Å²) in [5.41, 5.74) is 13.4. The Kier molecular flexibility index (Phi) is 3.66. The highest BCUT2D eigenvalue weighted by Crippen LogP contribution is 2.30. The van der Waals surface area contributed by atoms with Gasteiger partial charge in [-0.3, -0.25) is 4.79 Å². The van der Waals surface area contributed by atoms with Crippen molar-refractivity contribution in [2.45, 2.75) is 13.0 Å². The number of nitrogen functional groups attached to an aromatic ring is 1. The molecule has 1 aromatic carbocycles. The van der Waals surface area contributed by atoms with Crippen molar-refractivity contribution in [2.75, 3.05) is 37.8 Å². The van der Waals surface area contributed by atoms with Crippen LogP contribution in [0.1, 0.15) is 17.3 Å². The lowest BCUT2D eigenvalue weighted by Crippen LogP contribution is -2.34. The molecule has 2 rings (SSSR count). The molecule has 0 aliphatic carbocycles. The Bertz CT molecular complexity index is 486. The topological polar surface area (TPSA) is 75.6 Å². The van der Waals surface area contributed by atoms with Gasteiger partial charge in [0.25, 0.3) is 0 Å². The van der Waals surface area contributed by atoms with Gasteiger partial charge in [-0.25, -0.2) is 0 Å². The third-order valence-electron chi connectivity index (χ3n) is 3.89. The predicted molar refractivity (Wildman–Crippen MR) is 78.2 cm³/mol. The maximum atomic E-state index is 11.1. The van der Waals surface area contributed by atoms with Crippen molar-refractivity contribution in [2.24, 2.45) is 11.7 Å². The number of nitrogens with zero attached hydrogens (tertiary/aromatic N) is 2. The Morgan fingerprint density at radius 1 is 1.37 bits per heavy atom. The number of nitrogens with two attached hydrogens (primary N) is 2. The van der Waals surface area contributed by atoms with Gasteiger partial charge >= 0.3 is 0 Å². The van der Waals surface area contributed by atoms with Gasteiger partial charge in [0.15, 0.2) is 0 Å². The summed E-state index contributed by atoms with van der Waals surface area (Å²) in [5, 5.41) is 0. The van der Waals surface area contributed by atoms with Crippen molar-refractivity contribution in [3.05, 3.63) is 23.8 Å². The normalized spacial score (nSPS) is 23.1. The molecule has 0 saturated carbocycles. The maximum Gasteiger partial charge on any atom is 0.248 e. The molecule has 0 aromatic heterocycles. The molecule has 1 fully saturated rings. The van der Waals surface area contributed by atoms with Crippen LogP contribution < -0.4 is 16.4 Å². The van der Waals surface area contributed by atoms with Crippen molar-refractivity contribution < 1.29 is 4.79 Å². The first-order valence-corrected chi connectivity index (χ1v) is 6.51. The van der Waals surface area contributed by atoms with Crippen LogP contribution in [-0.2, 0) is 0 Å². The Balaban J connectivity index is 2.22. The fourth-order valence-electron chi connectivity index (χ4n) is 2.81. The first kappa shape index (κ1) is 13.7. The molecule has 1 saturated heterocycles. The van der Waals surface area contributed by atoms with E-state index in [0.29, 0.717) is 23.2 Å². The Hall–Kier alpha value is -1.75. The standard InChI is InChI=1S/C14H22N4O/c1-9-7-18(8-13(9)17(2)3)12-5-4-10(14(16)19)6-11(12)15/h4-6,9,13H,7-8,15H2,1-3H3,(H2,16,19).